The first kappa shape index (κ1) is 10.5. The molecule has 0 unspecified atom stereocenters. The number of hydrogen-bond donors (Lipinski definition) is 0. The van der Waals surface area contributed by atoms with Gasteiger partial charge in [-0.05, 0) is 28.8 Å². The molecule has 0 aromatic carbocycles. The molecule has 3 rings (SSSR count). The first-order valence-corrected chi connectivity index (χ1v) is 6.58. The highest BCUT2D eigenvalue weighted by atomic mass is 79.9. The van der Waals surface area contributed by atoms with E-state index in [1.165, 1.54) is 25.9 Å². The highest BCUT2D eigenvalue weighted by Crippen LogP contribution is 2.29. The second-order valence-electron chi connectivity index (χ2n) is 4.45. The minimum Gasteiger partial charge on any atom is -0.353 e. The van der Waals surface area contributed by atoms with Crippen molar-refractivity contribution in [2.45, 2.75) is 18.9 Å². The largest absolute Gasteiger partial charge is 0.353 e. The van der Waals surface area contributed by atoms with Gasteiger partial charge < -0.3 is 4.90 Å². The molecule has 4 nitrogen and oxygen atoms in total. The van der Waals surface area contributed by atoms with Gasteiger partial charge in [0.2, 0.25) is 0 Å². The number of halogens is 1. The minimum absolute atomic E-state index is 0.885. The van der Waals surface area contributed by atoms with Crippen molar-refractivity contribution in [1.29, 1.82) is 0 Å². The quantitative estimate of drug-likeness (QED) is 0.824. The zero-order valence-electron chi connectivity index (χ0n) is 9.14. The molecule has 1 aromatic rings. The molecule has 0 amide bonds. The lowest BCUT2D eigenvalue weighted by Gasteiger charge is -2.35. The monoisotopic (exact) mass is 282 g/mol. The van der Waals surface area contributed by atoms with Gasteiger partial charge in [0.1, 0.15) is 12.1 Å². The standard InChI is InChI=1S/C11H15BrN4/c12-10-7-13-8-14-11(10)16-5-3-15(4-6-16)9-1-2-9/h7-9H,1-6H2. The normalized spacial score (nSPS) is 22.4. The summed E-state index contributed by atoms with van der Waals surface area (Å²) in [6, 6.07) is 0.885. The molecular formula is C11H15BrN4. The molecule has 2 fully saturated rings. The number of piperazine rings is 1. The molecule has 2 aliphatic rings. The summed E-state index contributed by atoms with van der Waals surface area (Å²) in [7, 11) is 0. The first-order valence-electron chi connectivity index (χ1n) is 5.79. The van der Waals surface area contributed by atoms with Crippen LogP contribution in [0.25, 0.3) is 0 Å². The predicted molar refractivity (Wildman–Crippen MR) is 66.5 cm³/mol. The Bertz CT molecular complexity index is 372. The van der Waals surface area contributed by atoms with Crippen molar-refractivity contribution in [2.75, 3.05) is 31.1 Å². The van der Waals surface area contributed by atoms with Crippen LogP contribution in [-0.4, -0.2) is 47.1 Å². The molecule has 16 heavy (non-hydrogen) atoms. The molecule has 0 bridgehead atoms. The third-order valence-corrected chi connectivity index (χ3v) is 3.88. The third-order valence-electron chi connectivity index (χ3n) is 3.33. The Balaban J connectivity index is 1.67. The molecular weight excluding hydrogens is 268 g/mol. The Kier molecular flexibility index (Phi) is 2.81. The fourth-order valence-electron chi connectivity index (χ4n) is 2.28. The van der Waals surface area contributed by atoms with Gasteiger partial charge in [0.05, 0.1) is 4.47 Å². The molecule has 1 aliphatic heterocycles. The maximum absolute atomic E-state index is 4.34. The molecule has 5 heteroatoms. The van der Waals surface area contributed by atoms with Crippen molar-refractivity contribution in [3.63, 3.8) is 0 Å². The average Bonchev–Trinajstić information content (AvgIpc) is 3.14. The summed E-state index contributed by atoms with van der Waals surface area (Å²) in [6.07, 6.45) is 6.23. The number of rotatable bonds is 2. The van der Waals surface area contributed by atoms with Crippen LogP contribution in [0.5, 0.6) is 0 Å². The van der Waals surface area contributed by atoms with E-state index in [0.29, 0.717) is 0 Å². The molecule has 2 heterocycles. The van der Waals surface area contributed by atoms with Crippen molar-refractivity contribution in [1.82, 2.24) is 14.9 Å². The molecule has 1 aromatic heterocycles. The van der Waals surface area contributed by atoms with Gasteiger partial charge >= 0.3 is 0 Å². The second kappa shape index (κ2) is 4.30. The van der Waals surface area contributed by atoms with Gasteiger partial charge in [-0.2, -0.15) is 0 Å². The highest BCUT2D eigenvalue weighted by Gasteiger charge is 2.31. The summed E-state index contributed by atoms with van der Waals surface area (Å²) in [4.78, 5) is 13.3. The van der Waals surface area contributed by atoms with Crippen molar-refractivity contribution in [2.24, 2.45) is 0 Å². The van der Waals surface area contributed by atoms with Gasteiger partial charge in [-0.25, -0.2) is 9.97 Å². The van der Waals surface area contributed by atoms with Crippen LogP contribution < -0.4 is 4.90 Å². The number of anilines is 1. The van der Waals surface area contributed by atoms with Crippen molar-refractivity contribution in [3.05, 3.63) is 17.0 Å². The van der Waals surface area contributed by atoms with Crippen LogP contribution in [0.1, 0.15) is 12.8 Å². The maximum Gasteiger partial charge on any atom is 0.146 e. The Morgan fingerprint density at radius 2 is 1.94 bits per heavy atom. The smallest absolute Gasteiger partial charge is 0.146 e. The lowest BCUT2D eigenvalue weighted by atomic mass is 10.3. The number of aromatic nitrogens is 2. The first-order chi connectivity index (χ1) is 7.84. The van der Waals surface area contributed by atoms with Gasteiger partial charge in [-0.15, -0.1) is 0 Å². The summed E-state index contributed by atoms with van der Waals surface area (Å²) in [5.74, 6) is 1.03. The third kappa shape index (κ3) is 2.06. The van der Waals surface area contributed by atoms with E-state index < -0.39 is 0 Å². The van der Waals surface area contributed by atoms with Crippen LogP contribution >= 0.6 is 15.9 Å². The summed E-state index contributed by atoms with van der Waals surface area (Å²) >= 11 is 3.51. The van der Waals surface area contributed by atoms with E-state index in [1.807, 2.05) is 6.20 Å². The maximum atomic E-state index is 4.34. The Morgan fingerprint density at radius 3 is 2.56 bits per heavy atom. The number of hydrogen-bond acceptors (Lipinski definition) is 4. The van der Waals surface area contributed by atoms with E-state index in [1.54, 1.807) is 6.33 Å². The van der Waals surface area contributed by atoms with E-state index in [2.05, 4.69) is 35.7 Å². The van der Waals surface area contributed by atoms with Crippen LogP contribution in [0.15, 0.2) is 17.0 Å². The van der Waals surface area contributed by atoms with Gasteiger partial charge in [0.25, 0.3) is 0 Å². The molecule has 0 spiro atoms. The van der Waals surface area contributed by atoms with Crippen LogP contribution in [0, 0.1) is 0 Å². The molecule has 86 valence electrons. The van der Waals surface area contributed by atoms with Crippen LogP contribution in [0.3, 0.4) is 0 Å². The van der Waals surface area contributed by atoms with Gasteiger partial charge in [0, 0.05) is 38.4 Å². The molecule has 1 saturated heterocycles. The number of nitrogens with zero attached hydrogens (tertiary/aromatic N) is 4. The minimum atomic E-state index is 0.885. The van der Waals surface area contributed by atoms with E-state index in [9.17, 15) is 0 Å². The SMILES string of the molecule is Brc1cncnc1N1CCN(C2CC2)CC1. The van der Waals surface area contributed by atoms with Gasteiger partial charge in [-0.1, -0.05) is 0 Å². The molecule has 0 radical (unpaired) electrons. The topological polar surface area (TPSA) is 32.3 Å². The lowest BCUT2D eigenvalue weighted by molar-refractivity contribution is 0.247. The summed E-state index contributed by atoms with van der Waals surface area (Å²) in [5, 5.41) is 0. The van der Waals surface area contributed by atoms with E-state index in [-0.39, 0.29) is 0 Å². The van der Waals surface area contributed by atoms with Crippen LogP contribution in [0.2, 0.25) is 0 Å². The predicted octanol–water partition coefficient (Wildman–Crippen LogP) is 1.52. The summed E-state index contributed by atoms with van der Waals surface area (Å²) in [6.45, 7) is 4.49. The zero-order chi connectivity index (χ0) is 11.0. The van der Waals surface area contributed by atoms with Crippen molar-refractivity contribution in [3.8, 4) is 0 Å². The molecule has 0 N–H and O–H groups in total. The van der Waals surface area contributed by atoms with Crippen molar-refractivity contribution >= 4 is 21.7 Å². The van der Waals surface area contributed by atoms with Crippen molar-refractivity contribution < 1.29 is 0 Å². The fraction of sp³-hybridized carbons (Fsp3) is 0.636. The Labute approximate surface area is 104 Å². The van der Waals surface area contributed by atoms with Gasteiger partial charge in [0.15, 0.2) is 0 Å². The Morgan fingerprint density at radius 1 is 1.19 bits per heavy atom. The van der Waals surface area contributed by atoms with Crippen LogP contribution in [-0.2, 0) is 0 Å². The summed E-state index contributed by atoms with van der Waals surface area (Å²) < 4.78 is 0.995. The van der Waals surface area contributed by atoms with E-state index >= 15 is 0 Å². The fourth-order valence-corrected chi connectivity index (χ4v) is 2.75. The average molecular weight is 283 g/mol. The van der Waals surface area contributed by atoms with Gasteiger partial charge in [-0.3, -0.25) is 4.90 Å². The summed E-state index contributed by atoms with van der Waals surface area (Å²) in [5.41, 5.74) is 0. The van der Waals surface area contributed by atoms with Crippen LogP contribution in [0.4, 0.5) is 5.82 Å². The highest BCUT2D eigenvalue weighted by molar-refractivity contribution is 9.10. The lowest BCUT2D eigenvalue weighted by Crippen LogP contribution is -2.47. The molecule has 0 atom stereocenters. The Hall–Kier alpha value is -0.680. The molecule has 1 aliphatic carbocycles. The van der Waals surface area contributed by atoms with E-state index in [4.69, 9.17) is 0 Å². The zero-order valence-corrected chi connectivity index (χ0v) is 10.7. The van der Waals surface area contributed by atoms with E-state index in [0.717, 1.165) is 29.4 Å². The second-order valence-corrected chi connectivity index (χ2v) is 5.30. The molecule has 1 saturated carbocycles.